The summed E-state index contributed by atoms with van der Waals surface area (Å²) >= 11 is 0. The van der Waals surface area contributed by atoms with Gasteiger partial charge < -0.3 is 29.6 Å². The van der Waals surface area contributed by atoms with Gasteiger partial charge in [0.05, 0.1) is 6.61 Å². The maximum absolute atomic E-state index is 5.81. The third kappa shape index (κ3) is 10.5. The molecule has 1 aliphatic heterocycles. The van der Waals surface area contributed by atoms with Crippen LogP contribution in [0.25, 0.3) is 0 Å². The highest BCUT2D eigenvalue weighted by molar-refractivity contribution is 5.93. The van der Waals surface area contributed by atoms with E-state index < -0.39 is 0 Å². The summed E-state index contributed by atoms with van der Waals surface area (Å²) in [5.74, 6) is 2.26. The smallest absolute Gasteiger partial charge is 0.195 e. The maximum atomic E-state index is 5.81. The van der Waals surface area contributed by atoms with Crippen LogP contribution in [-0.4, -0.2) is 65.8 Å². The van der Waals surface area contributed by atoms with Crippen LogP contribution in [0.2, 0.25) is 0 Å². The van der Waals surface area contributed by atoms with Crippen LogP contribution in [0.5, 0.6) is 5.75 Å². The first-order chi connectivity index (χ1) is 14.3. The van der Waals surface area contributed by atoms with E-state index in [9.17, 15) is 0 Å². The number of benzene rings is 1. The minimum atomic E-state index is 0.638. The molecule has 29 heavy (non-hydrogen) atoms. The summed E-state index contributed by atoms with van der Waals surface area (Å²) in [6.45, 7) is 8.24. The van der Waals surface area contributed by atoms with Crippen molar-refractivity contribution in [2.45, 2.75) is 32.6 Å². The van der Waals surface area contributed by atoms with Crippen LogP contribution >= 0.6 is 0 Å². The van der Waals surface area contributed by atoms with Gasteiger partial charge in [0.2, 0.25) is 0 Å². The fourth-order valence-corrected chi connectivity index (χ4v) is 3.02. The van der Waals surface area contributed by atoms with E-state index in [1.807, 2.05) is 24.3 Å². The lowest BCUT2D eigenvalue weighted by Gasteiger charge is -2.21. The van der Waals surface area contributed by atoms with E-state index in [1.165, 1.54) is 0 Å². The van der Waals surface area contributed by atoms with Crippen molar-refractivity contribution < 1.29 is 18.9 Å². The molecule has 0 aromatic heterocycles. The second-order valence-corrected chi connectivity index (χ2v) is 7.09. The molecule has 7 heteroatoms. The van der Waals surface area contributed by atoms with Crippen molar-refractivity contribution in [2.24, 2.45) is 10.9 Å². The van der Waals surface area contributed by atoms with Crippen LogP contribution in [0.4, 0.5) is 5.69 Å². The summed E-state index contributed by atoms with van der Waals surface area (Å²) in [5.41, 5.74) is 0.949. The lowest BCUT2D eigenvalue weighted by molar-refractivity contribution is 0.0205. The average molecular weight is 408 g/mol. The SMILES string of the molecule is CCNC(=NCCCOCC1CCOCC1)Nc1cccc(OCCCOC)c1. The van der Waals surface area contributed by atoms with Gasteiger partial charge in [-0.2, -0.15) is 0 Å². The van der Waals surface area contributed by atoms with Crippen molar-refractivity contribution in [2.75, 3.05) is 65.2 Å². The second kappa shape index (κ2) is 15.1. The third-order valence-corrected chi connectivity index (χ3v) is 4.61. The van der Waals surface area contributed by atoms with Crippen LogP contribution in [0.15, 0.2) is 29.3 Å². The van der Waals surface area contributed by atoms with Gasteiger partial charge in [0.1, 0.15) is 5.75 Å². The van der Waals surface area contributed by atoms with Gasteiger partial charge in [0.25, 0.3) is 0 Å². The summed E-state index contributed by atoms with van der Waals surface area (Å²) in [7, 11) is 1.70. The molecule has 164 valence electrons. The largest absolute Gasteiger partial charge is 0.493 e. The van der Waals surface area contributed by atoms with Gasteiger partial charge in [0.15, 0.2) is 5.96 Å². The number of hydrogen-bond donors (Lipinski definition) is 2. The second-order valence-electron chi connectivity index (χ2n) is 7.09. The fraction of sp³-hybridized carbons (Fsp3) is 0.682. The minimum absolute atomic E-state index is 0.638. The highest BCUT2D eigenvalue weighted by Crippen LogP contribution is 2.17. The Kier molecular flexibility index (Phi) is 12.2. The Balaban J connectivity index is 1.70. The van der Waals surface area contributed by atoms with Gasteiger partial charge >= 0.3 is 0 Å². The van der Waals surface area contributed by atoms with Crippen molar-refractivity contribution in [3.05, 3.63) is 24.3 Å². The number of hydrogen-bond acceptors (Lipinski definition) is 5. The Morgan fingerprint density at radius 2 is 2.03 bits per heavy atom. The van der Waals surface area contributed by atoms with E-state index >= 15 is 0 Å². The van der Waals surface area contributed by atoms with Crippen molar-refractivity contribution >= 4 is 11.6 Å². The summed E-state index contributed by atoms with van der Waals surface area (Å²) in [5, 5.41) is 6.62. The van der Waals surface area contributed by atoms with E-state index in [0.717, 1.165) is 82.6 Å². The molecule has 1 fully saturated rings. The Morgan fingerprint density at radius 3 is 2.83 bits per heavy atom. The zero-order chi connectivity index (χ0) is 20.6. The van der Waals surface area contributed by atoms with Gasteiger partial charge in [-0.05, 0) is 44.2 Å². The van der Waals surface area contributed by atoms with Crippen molar-refractivity contribution in [1.82, 2.24) is 5.32 Å². The summed E-state index contributed by atoms with van der Waals surface area (Å²) in [6, 6.07) is 7.92. The van der Waals surface area contributed by atoms with Gasteiger partial charge in [-0.3, -0.25) is 4.99 Å². The lowest BCUT2D eigenvalue weighted by atomic mass is 10.0. The Bertz CT molecular complexity index is 577. The molecule has 0 atom stereocenters. The first-order valence-corrected chi connectivity index (χ1v) is 10.7. The van der Waals surface area contributed by atoms with Crippen LogP contribution in [-0.2, 0) is 14.2 Å². The number of nitrogens with one attached hydrogen (secondary N) is 2. The van der Waals surface area contributed by atoms with Gasteiger partial charge in [-0.25, -0.2) is 0 Å². The first-order valence-electron chi connectivity index (χ1n) is 10.7. The molecule has 0 unspecified atom stereocenters. The lowest BCUT2D eigenvalue weighted by Crippen LogP contribution is -2.30. The summed E-state index contributed by atoms with van der Waals surface area (Å²) in [4.78, 5) is 4.65. The van der Waals surface area contributed by atoms with Crippen LogP contribution < -0.4 is 15.4 Å². The summed E-state index contributed by atoms with van der Waals surface area (Å²) in [6.07, 6.45) is 4.00. The van der Waals surface area contributed by atoms with E-state index in [-0.39, 0.29) is 0 Å². The van der Waals surface area contributed by atoms with Crippen molar-refractivity contribution in [1.29, 1.82) is 0 Å². The number of methoxy groups -OCH3 is 1. The molecule has 1 heterocycles. The van der Waals surface area contributed by atoms with Crippen LogP contribution in [0.3, 0.4) is 0 Å². The number of ether oxygens (including phenoxy) is 4. The standard InChI is InChI=1S/C22H37N3O4/c1-3-23-22(24-11-5-13-28-18-19-9-15-27-16-10-19)25-20-7-4-8-21(17-20)29-14-6-12-26-2/h4,7-8,17,19H,3,5-6,9-16,18H2,1-2H3,(H2,23,24,25). The molecule has 7 nitrogen and oxygen atoms in total. The average Bonchev–Trinajstić information content (AvgIpc) is 2.75. The number of aliphatic imine (C=N–C) groups is 1. The Labute approximate surface area is 175 Å². The highest BCUT2D eigenvalue weighted by Gasteiger charge is 2.13. The number of rotatable bonds is 13. The van der Waals surface area contributed by atoms with Crippen molar-refractivity contribution in [3.8, 4) is 5.75 Å². The fourth-order valence-electron chi connectivity index (χ4n) is 3.02. The summed E-state index contributed by atoms with van der Waals surface area (Å²) < 4.78 is 22.0. The Hall–Kier alpha value is -1.83. The number of nitrogens with zero attached hydrogens (tertiary/aromatic N) is 1. The predicted octanol–water partition coefficient (Wildman–Crippen LogP) is 3.31. The highest BCUT2D eigenvalue weighted by atomic mass is 16.5. The molecule has 1 aromatic rings. The first kappa shape index (κ1) is 23.4. The van der Waals surface area contributed by atoms with E-state index in [2.05, 4.69) is 22.5 Å². The van der Waals surface area contributed by atoms with Crippen LogP contribution in [0, 0.1) is 5.92 Å². The Morgan fingerprint density at radius 1 is 1.17 bits per heavy atom. The zero-order valence-corrected chi connectivity index (χ0v) is 18.0. The molecule has 1 saturated heterocycles. The number of anilines is 1. The van der Waals surface area contributed by atoms with Gasteiger partial charge in [-0.1, -0.05) is 6.07 Å². The maximum Gasteiger partial charge on any atom is 0.195 e. The normalized spacial score (nSPS) is 15.3. The predicted molar refractivity (Wildman–Crippen MR) is 117 cm³/mol. The molecular weight excluding hydrogens is 370 g/mol. The molecule has 0 aliphatic carbocycles. The van der Waals surface area contributed by atoms with E-state index in [4.69, 9.17) is 18.9 Å². The molecule has 2 N–H and O–H groups in total. The molecule has 0 spiro atoms. The van der Waals surface area contributed by atoms with E-state index in [1.54, 1.807) is 7.11 Å². The van der Waals surface area contributed by atoms with E-state index in [0.29, 0.717) is 19.1 Å². The zero-order valence-electron chi connectivity index (χ0n) is 18.0. The molecule has 0 radical (unpaired) electrons. The van der Waals surface area contributed by atoms with Gasteiger partial charge in [0, 0.05) is 71.4 Å². The van der Waals surface area contributed by atoms with Crippen LogP contribution in [0.1, 0.15) is 32.6 Å². The molecule has 0 amide bonds. The van der Waals surface area contributed by atoms with Crippen molar-refractivity contribution in [3.63, 3.8) is 0 Å². The molecule has 2 rings (SSSR count). The quantitative estimate of drug-likeness (QED) is 0.297. The van der Waals surface area contributed by atoms with Gasteiger partial charge in [-0.15, -0.1) is 0 Å². The third-order valence-electron chi connectivity index (χ3n) is 4.61. The number of guanidine groups is 1. The molecule has 1 aliphatic rings. The minimum Gasteiger partial charge on any atom is -0.493 e. The molecule has 0 bridgehead atoms. The molecule has 1 aromatic carbocycles. The monoisotopic (exact) mass is 407 g/mol. The molecular formula is C22H37N3O4. The molecule has 0 saturated carbocycles. The topological polar surface area (TPSA) is 73.3 Å².